The van der Waals surface area contributed by atoms with E-state index in [0.29, 0.717) is 82.5 Å². The van der Waals surface area contributed by atoms with Gasteiger partial charge in [-0.3, -0.25) is 19.5 Å². The van der Waals surface area contributed by atoms with Gasteiger partial charge >= 0.3 is 0 Å². The third-order valence-corrected chi connectivity index (χ3v) is 13.6. The first-order chi connectivity index (χ1) is 30.7. The number of ether oxygens (including phenoxy) is 1. The summed E-state index contributed by atoms with van der Waals surface area (Å²) in [4.78, 5) is 44.1. The number of nitrogens with one attached hydrogen (secondary N) is 3. The molecule has 1 aliphatic carbocycles. The number of aliphatic hydroxyl groups is 5. The highest BCUT2D eigenvalue weighted by Gasteiger charge is 2.57. The van der Waals surface area contributed by atoms with Crippen LogP contribution in [-0.2, 0) is 27.4 Å². The van der Waals surface area contributed by atoms with Gasteiger partial charge in [-0.15, -0.1) is 0 Å². The Kier molecular flexibility index (Phi) is 11.7. The van der Waals surface area contributed by atoms with Crippen LogP contribution in [0, 0.1) is 24.7 Å². The minimum absolute atomic E-state index is 0.0499. The second kappa shape index (κ2) is 17.2. The number of amides is 1. The summed E-state index contributed by atoms with van der Waals surface area (Å²) in [6.07, 6.45) is 3.24. The van der Waals surface area contributed by atoms with E-state index in [0.717, 1.165) is 16.2 Å². The van der Waals surface area contributed by atoms with Crippen molar-refractivity contribution in [2.45, 2.75) is 68.2 Å². The zero-order chi connectivity index (χ0) is 45.1. The summed E-state index contributed by atoms with van der Waals surface area (Å²) >= 11 is 0. The molecule has 338 valence electrons. The highest BCUT2D eigenvalue weighted by atomic mass is 17.2. The van der Waals surface area contributed by atoms with Crippen LogP contribution in [0.2, 0.25) is 0 Å². The summed E-state index contributed by atoms with van der Waals surface area (Å²) in [5.41, 5.74) is -0.107. The minimum atomic E-state index is -2.43. The summed E-state index contributed by atoms with van der Waals surface area (Å²) in [7, 11) is 1.82. The number of hydrogen-bond donors (Lipinski definition) is 10. The molecule has 1 saturated heterocycles. The number of aryl methyl sites for hydroxylation is 1. The lowest BCUT2D eigenvalue weighted by atomic mass is 9.66. The van der Waals surface area contributed by atoms with E-state index < -0.39 is 55.3 Å². The van der Waals surface area contributed by atoms with Crippen molar-refractivity contribution in [2.75, 3.05) is 39.9 Å². The van der Waals surface area contributed by atoms with Crippen molar-refractivity contribution in [3.8, 4) is 17.2 Å². The minimum Gasteiger partial charge on any atom is -0.508 e. The molecule has 4 aliphatic heterocycles. The molecule has 1 fully saturated rings. The van der Waals surface area contributed by atoms with E-state index in [1.165, 1.54) is 36.4 Å². The molecule has 1 amide bonds. The summed E-state index contributed by atoms with van der Waals surface area (Å²) in [6.45, 7) is 1.41. The van der Waals surface area contributed by atoms with Crippen LogP contribution in [0.1, 0.15) is 29.7 Å². The van der Waals surface area contributed by atoms with Crippen LogP contribution in [-0.4, -0.2) is 123 Å². The van der Waals surface area contributed by atoms with Crippen LogP contribution in [0.3, 0.4) is 0 Å². The van der Waals surface area contributed by atoms with E-state index in [1.807, 2.05) is 19.3 Å². The van der Waals surface area contributed by atoms with Crippen LogP contribution in [0.5, 0.6) is 17.2 Å². The van der Waals surface area contributed by atoms with Gasteiger partial charge in [-0.25, -0.2) is 9.78 Å². The maximum atomic E-state index is 13.7. The molecule has 0 radical (unpaired) electrons. The predicted octanol–water partition coefficient (Wildman–Crippen LogP) is 0.635. The highest BCUT2D eigenvalue weighted by Crippen LogP contribution is 2.51. The Bertz CT molecular complexity index is 2680. The SMILES string of the molecule is CNC[C@@H]1C=C[C@@H]([C@@H]2CNC(=O)C2)C[C@]12Oc1c(cc3c(=O)cc(C)oc3c1[NH+]1C=C3N=CC=C3C1)C[C@H]2OOC[C@@](O)(Cc1ccc(O)c2ccc(O)cc12)[C@@H](O)[C@H](O)[C@H](O)CO. The average Bonchev–Trinajstić information content (AvgIpc) is 4.02. The third-order valence-electron chi connectivity index (χ3n) is 13.6. The second-order valence-corrected chi connectivity index (χ2v) is 17.8. The fourth-order valence-electron chi connectivity index (χ4n) is 10.2. The first-order valence-electron chi connectivity index (χ1n) is 21.5. The largest absolute Gasteiger partial charge is 0.508 e. The van der Waals surface area contributed by atoms with Crippen molar-refractivity contribution >= 4 is 39.6 Å². The van der Waals surface area contributed by atoms with E-state index in [9.17, 15) is 45.3 Å². The molecule has 5 aliphatic rings. The Morgan fingerprint density at radius 3 is 2.64 bits per heavy atom. The quantitative estimate of drug-likeness (QED) is 0.0474. The first-order valence-corrected chi connectivity index (χ1v) is 21.5. The van der Waals surface area contributed by atoms with E-state index >= 15 is 0 Å². The normalized spacial score (nSPS) is 27.2. The molecule has 9 rings (SSSR count). The second-order valence-electron chi connectivity index (χ2n) is 17.8. The van der Waals surface area contributed by atoms with Crippen LogP contribution >= 0.6 is 0 Å². The number of nitrogens with zero attached hydrogens (tertiary/aromatic N) is 1. The molecule has 1 spiro atoms. The molecule has 4 aromatic rings. The monoisotopic (exact) mass is 881 g/mol. The average molecular weight is 882 g/mol. The number of fused-ring (bicyclic) bond motifs is 4. The van der Waals surface area contributed by atoms with Crippen LogP contribution in [0.25, 0.3) is 21.7 Å². The zero-order valence-electron chi connectivity index (χ0n) is 35.4. The van der Waals surface area contributed by atoms with Gasteiger partial charge in [0.25, 0.3) is 0 Å². The van der Waals surface area contributed by atoms with Gasteiger partial charge in [0, 0.05) is 67.1 Å². The topological polar surface area (TPSA) is 257 Å². The number of aliphatic hydroxyl groups excluding tert-OH is 4. The predicted molar refractivity (Wildman–Crippen MR) is 232 cm³/mol. The molecule has 0 saturated carbocycles. The van der Waals surface area contributed by atoms with Gasteiger partial charge in [0.2, 0.25) is 17.2 Å². The number of phenolic OH excluding ortho intramolecular Hbond substituents is 2. The van der Waals surface area contributed by atoms with Gasteiger partial charge in [0.05, 0.1) is 12.0 Å². The van der Waals surface area contributed by atoms with Crippen molar-refractivity contribution in [3.63, 3.8) is 0 Å². The van der Waals surface area contributed by atoms with Crippen LogP contribution in [0.15, 0.2) is 92.4 Å². The van der Waals surface area contributed by atoms with Gasteiger partial charge in [-0.2, -0.15) is 0 Å². The van der Waals surface area contributed by atoms with Crippen molar-refractivity contribution in [1.82, 2.24) is 10.6 Å². The third kappa shape index (κ3) is 7.80. The number of allylic oxidation sites excluding steroid dienone is 2. The fourth-order valence-corrected chi connectivity index (χ4v) is 10.2. The van der Waals surface area contributed by atoms with Crippen molar-refractivity contribution in [3.05, 3.63) is 105 Å². The molecule has 64 heavy (non-hydrogen) atoms. The Morgan fingerprint density at radius 2 is 1.89 bits per heavy atom. The molecular formula is C47H53N4O13+. The molecule has 17 heteroatoms. The lowest BCUT2D eigenvalue weighted by molar-refractivity contribution is -0.763. The number of quaternary nitrogens is 1. The first kappa shape index (κ1) is 43.8. The van der Waals surface area contributed by atoms with Gasteiger partial charge in [0.15, 0.2) is 11.2 Å². The maximum Gasteiger partial charge on any atom is 0.222 e. The standard InChI is InChI=1S/C47H52N4O13/c1-24-11-37(55)34-12-28-13-39(64-61-23-46(60,45(59)42(58)38(56)22-52)16-26-4-8-36(54)32-7-6-31(53)15-33(26)32)47(17-25(3-5-30(47)19-48-2)29-14-40(57)50-18-29)63-43(28)41(44(34)62-24)51-20-27-9-10-49-35(27)21-51/h3-12,15,21,25,29-30,38-39,42,45,48,52-54,56,58-60H,13-14,16-20,22-23H2,1-2H3,(H,50,57)/p+1/t25-,29+,30+,38-,39-,42-,45+,46+,47+/m1/s1. The lowest BCUT2D eigenvalue weighted by Gasteiger charge is -2.51. The molecule has 1 unspecified atom stereocenters. The van der Waals surface area contributed by atoms with Gasteiger partial charge in [-0.05, 0) is 79.6 Å². The smallest absolute Gasteiger partial charge is 0.222 e. The van der Waals surface area contributed by atoms with Crippen molar-refractivity contribution in [2.24, 2.45) is 22.7 Å². The maximum absolute atomic E-state index is 13.7. The van der Waals surface area contributed by atoms with Crippen molar-refractivity contribution in [1.29, 1.82) is 0 Å². The number of hydrogen-bond acceptors (Lipinski definition) is 15. The summed E-state index contributed by atoms with van der Waals surface area (Å²) in [6, 6.07) is 10.3. The van der Waals surface area contributed by atoms with Crippen LogP contribution < -0.4 is 25.7 Å². The molecule has 10 N–H and O–H groups in total. The van der Waals surface area contributed by atoms with Gasteiger partial charge < -0.3 is 55.5 Å². The summed E-state index contributed by atoms with van der Waals surface area (Å²) < 4.78 is 13.8. The Hall–Kier alpha value is -5.47. The molecular weight excluding hydrogens is 829 g/mol. The van der Waals surface area contributed by atoms with Crippen molar-refractivity contribution < 1.29 is 64.4 Å². The van der Waals surface area contributed by atoms with E-state index in [4.69, 9.17) is 18.9 Å². The molecule has 3 aromatic carbocycles. The molecule has 17 nitrogen and oxygen atoms in total. The van der Waals surface area contributed by atoms with E-state index in [1.54, 1.807) is 19.2 Å². The molecule has 10 atom stereocenters. The molecule has 0 bridgehead atoms. The number of benzene rings is 3. The fraction of sp³-hybridized carbons (Fsp3) is 0.426. The Labute approximate surface area is 367 Å². The Morgan fingerprint density at radius 1 is 1.06 bits per heavy atom. The molecule has 1 aromatic heterocycles. The number of rotatable bonds is 14. The number of carbonyl (C=O) groups is 1. The van der Waals surface area contributed by atoms with Gasteiger partial charge in [-0.1, -0.05) is 18.2 Å². The number of phenols is 2. The number of carbonyl (C=O) groups excluding carboxylic acids is 1. The summed E-state index contributed by atoms with van der Waals surface area (Å²) in [5.74, 6) is 0.0710. The molecule has 5 heterocycles. The summed E-state index contributed by atoms with van der Waals surface area (Å²) in [5, 5.41) is 83.3. The van der Waals surface area contributed by atoms with E-state index in [-0.39, 0.29) is 47.0 Å². The Balaban J connectivity index is 1.13. The zero-order valence-corrected chi connectivity index (χ0v) is 35.4. The van der Waals surface area contributed by atoms with E-state index in [2.05, 4.69) is 27.8 Å². The van der Waals surface area contributed by atoms with Gasteiger partial charge in [0.1, 0.15) is 77.9 Å². The van der Waals surface area contributed by atoms with Crippen LogP contribution in [0.4, 0.5) is 5.69 Å². The lowest BCUT2D eigenvalue weighted by Crippen LogP contribution is -3.01. The number of aromatic hydroxyl groups is 2. The number of aliphatic imine (C=N–C) groups is 1. The highest BCUT2D eigenvalue weighted by molar-refractivity contribution is 5.92.